The van der Waals surface area contributed by atoms with Crippen molar-refractivity contribution in [1.29, 1.82) is 0 Å². The van der Waals surface area contributed by atoms with E-state index >= 15 is 0 Å². The molecule has 98 valence electrons. The van der Waals surface area contributed by atoms with Gasteiger partial charge in [0, 0.05) is 11.3 Å². The van der Waals surface area contributed by atoms with E-state index in [9.17, 15) is 9.59 Å². The number of aliphatic carboxylic acids is 1. The molecule has 7 heteroatoms. The lowest BCUT2D eigenvalue weighted by Crippen LogP contribution is -2.52. The van der Waals surface area contributed by atoms with Crippen molar-refractivity contribution >= 4 is 23.8 Å². The molecule has 0 saturated heterocycles. The molecule has 1 rings (SSSR count). The van der Waals surface area contributed by atoms with Gasteiger partial charge >= 0.3 is 12.0 Å². The number of aliphatic hydroxyl groups is 1. The summed E-state index contributed by atoms with van der Waals surface area (Å²) in [6, 6.07) is -1.80. The minimum absolute atomic E-state index is 0.106. The monoisotopic (exact) mass is 262 g/mol. The second kappa shape index (κ2) is 6.11. The Hall–Kier alpha value is -0.950. The molecule has 1 aliphatic carbocycles. The lowest BCUT2D eigenvalue weighted by molar-refractivity contribution is -0.140. The van der Waals surface area contributed by atoms with E-state index < -0.39 is 24.6 Å². The van der Waals surface area contributed by atoms with E-state index in [1.54, 1.807) is 11.8 Å². The van der Waals surface area contributed by atoms with Crippen molar-refractivity contribution in [3.05, 3.63) is 0 Å². The minimum Gasteiger partial charge on any atom is -0.480 e. The van der Waals surface area contributed by atoms with E-state index in [0.717, 1.165) is 12.8 Å². The molecule has 0 unspecified atom stereocenters. The highest BCUT2D eigenvalue weighted by Crippen LogP contribution is 2.42. The van der Waals surface area contributed by atoms with Gasteiger partial charge in [-0.15, -0.1) is 0 Å². The van der Waals surface area contributed by atoms with Crippen LogP contribution in [-0.2, 0) is 4.79 Å². The summed E-state index contributed by atoms with van der Waals surface area (Å²) in [5, 5.41) is 22.2. The Labute approximate surface area is 104 Å². The van der Waals surface area contributed by atoms with Crippen LogP contribution in [0.1, 0.15) is 19.3 Å². The van der Waals surface area contributed by atoms with E-state index in [-0.39, 0.29) is 4.75 Å². The number of amides is 2. The number of carbonyl (C=O) groups is 2. The second-order valence-electron chi connectivity index (χ2n) is 4.14. The number of thioether (sulfide) groups is 1. The van der Waals surface area contributed by atoms with Gasteiger partial charge in [-0.1, -0.05) is 6.42 Å². The second-order valence-corrected chi connectivity index (χ2v) is 5.42. The van der Waals surface area contributed by atoms with Crippen molar-refractivity contribution < 1.29 is 19.8 Å². The number of urea groups is 1. The van der Waals surface area contributed by atoms with E-state index in [4.69, 9.17) is 10.2 Å². The molecule has 1 atom stereocenters. The van der Waals surface area contributed by atoms with Gasteiger partial charge in [0.05, 0.1) is 6.61 Å². The van der Waals surface area contributed by atoms with Crippen LogP contribution in [0.15, 0.2) is 0 Å². The van der Waals surface area contributed by atoms with Gasteiger partial charge in [0.25, 0.3) is 0 Å². The van der Waals surface area contributed by atoms with E-state index in [0.29, 0.717) is 6.54 Å². The summed E-state index contributed by atoms with van der Waals surface area (Å²) in [5.74, 6) is -1.24. The number of rotatable bonds is 6. The highest BCUT2D eigenvalue weighted by Gasteiger charge is 2.36. The molecule has 0 radical (unpaired) electrons. The van der Waals surface area contributed by atoms with Crippen molar-refractivity contribution in [3.63, 3.8) is 0 Å². The Morgan fingerprint density at radius 2 is 2.12 bits per heavy atom. The molecule has 17 heavy (non-hydrogen) atoms. The van der Waals surface area contributed by atoms with E-state index in [1.165, 1.54) is 6.42 Å². The maximum atomic E-state index is 11.4. The molecule has 6 nitrogen and oxygen atoms in total. The van der Waals surface area contributed by atoms with E-state index in [2.05, 4.69) is 10.6 Å². The van der Waals surface area contributed by atoms with Crippen molar-refractivity contribution in [3.8, 4) is 0 Å². The van der Waals surface area contributed by atoms with Crippen LogP contribution >= 0.6 is 11.8 Å². The van der Waals surface area contributed by atoms with Gasteiger partial charge in [-0.3, -0.25) is 0 Å². The quantitative estimate of drug-likeness (QED) is 0.541. The maximum Gasteiger partial charge on any atom is 0.328 e. The fourth-order valence-corrected chi connectivity index (χ4v) is 2.57. The molecular weight excluding hydrogens is 244 g/mol. The highest BCUT2D eigenvalue weighted by molar-refractivity contribution is 8.00. The summed E-state index contributed by atoms with van der Waals surface area (Å²) in [4.78, 5) is 22.0. The lowest BCUT2D eigenvalue weighted by Gasteiger charge is -2.40. The first-order valence-electron chi connectivity index (χ1n) is 5.46. The van der Waals surface area contributed by atoms with Gasteiger partial charge < -0.3 is 20.8 Å². The zero-order chi connectivity index (χ0) is 12.9. The number of hydrogen-bond donors (Lipinski definition) is 4. The van der Waals surface area contributed by atoms with Crippen LogP contribution in [0.3, 0.4) is 0 Å². The molecule has 4 N–H and O–H groups in total. The van der Waals surface area contributed by atoms with Crippen molar-refractivity contribution in [2.24, 2.45) is 0 Å². The number of hydrogen-bond acceptors (Lipinski definition) is 4. The topological polar surface area (TPSA) is 98.7 Å². The van der Waals surface area contributed by atoms with Crippen LogP contribution in [0.2, 0.25) is 0 Å². The average Bonchev–Trinajstić information content (AvgIpc) is 2.24. The van der Waals surface area contributed by atoms with Crippen LogP contribution in [0.25, 0.3) is 0 Å². The smallest absolute Gasteiger partial charge is 0.328 e. The van der Waals surface area contributed by atoms with Gasteiger partial charge in [-0.05, 0) is 19.1 Å². The summed E-state index contributed by atoms with van der Waals surface area (Å²) >= 11 is 1.72. The Kier molecular flexibility index (Phi) is 5.07. The highest BCUT2D eigenvalue weighted by atomic mass is 32.2. The van der Waals surface area contributed by atoms with Crippen molar-refractivity contribution in [2.75, 3.05) is 19.4 Å². The van der Waals surface area contributed by atoms with Gasteiger partial charge in [0.2, 0.25) is 0 Å². The zero-order valence-corrected chi connectivity index (χ0v) is 10.5. The first kappa shape index (κ1) is 14.1. The Morgan fingerprint density at radius 1 is 1.47 bits per heavy atom. The Balaban J connectivity index is 2.32. The third-order valence-corrected chi connectivity index (χ3v) is 4.47. The third-order valence-electron chi connectivity index (χ3n) is 3.05. The summed E-state index contributed by atoms with van der Waals surface area (Å²) in [5.41, 5.74) is 0. The summed E-state index contributed by atoms with van der Waals surface area (Å²) in [6.45, 7) is -0.0891. The summed E-state index contributed by atoms with van der Waals surface area (Å²) < 4.78 is 0.106. The predicted molar refractivity (Wildman–Crippen MR) is 65.1 cm³/mol. The predicted octanol–water partition coefficient (Wildman–Crippen LogP) is 0.0168. The summed E-state index contributed by atoms with van der Waals surface area (Å²) in [7, 11) is 0. The first-order valence-corrected chi connectivity index (χ1v) is 6.69. The van der Waals surface area contributed by atoms with Crippen LogP contribution < -0.4 is 10.6 Å². The first-order chi connectivity index (χ1) is 8.03. The number of carbonyl (C=O) groups excluding carboxylic acids is 1. The molecular formula is C10H18N2O4S. The molecule has 1 saturated carbocycles. The van der Waals surface area contributed by atoms with E-state index in [1.807, 2.05) is 6.26 Å². The molecule has 0 aliphatic heterocycles. The summed E-state index contributed by atoms with van der Waals surface area (Å²) in [6.07, 6.45) is 5.30. The fourth-order valence-electron chi connectivity index (χ4n) is 1.66. The SMILES string of the molecule is CSC1(CNC(=O)N[C@@H](CO)C(=O)O)CCC1. The average molecular weight is 262 g/mol. The van der Waals surface area contributed by atoms with Crippen LogP contribution in [-0.4, -0.2) is 52.4 Å². The molecule has 0 aromatic carbocycles. The zero-order valence-electron chi connectivity index (χ0n) is 9.73. The van der Waals surface area contributed by atoms with Gasteiger partial charge in [0.1, 0.15) is 0 Å². The Bertz CT molecular complexity index is 289. The minimum atomic E-state index is -1.25. The number of nitrogens with one attached hydrogen (secondary N) is 2. The molecule has 1 fully saturated rings. The maximum absolute atomic E-state index is 11.4. The fraction of sp³-hybridized carbons (Fsp3) is 0.800. The molecule has 0 spiro atoms. The lowest BCUT2D eigenvalue weighted by atomic mass is 9.84. The molecule has 0 aromatic heterocycles. The van der Waals surface area contributed by atoms with Crippen molar-refractivity contribution in [2.45, 2.75) is 30.1 Å². The van der Waals surface area contributed by atoms with Crippen molar-refractivity contribution in [1.82, 2.24) is 10.6 Å². The van der Waals surface area contributed by atoms with Crippen LogP contribution in [0.5, 0.6) is 0 Å². The van der Waals surface area contributed by atoms with Crippen LogP contribution in [0, 0.1) is 0 Å². The number of carboxylic acids is 1. The molecule has 0 heterocycles. The Morgan fingerprint density at radius 3 is 2.47 bits per heavy atom. The number of carboxylic acid groups (broad SMARTS) is 1. The van der Waals surface area contributed by atoms with Gasteiger partial charge in [0.15, 0.2) is 6.04 Å². The van der Waals surface area contributed by atoms with Gasteiger partial charge in [-0.2, -0.15) is 11.8 Å². The molecule has 0 bridgehead atoms. The normalized spacial score (nSPS) is 18.9. The molecule has 0 aromatic rings. The van der Waals surface area contributed by atoms with Crippen LogP contribution in [0.4, 0.5) is 4.79 Å². The largest absolute Gasteiger partial charge is 0.480 e. The number of aliphatic hydroxyl groups excluding tert-OH is 1. The molecule has 1 aliphatic rings. The molecule has 2 amide bonds. The third kappa shape index (κ3) is 3.78. The van der Waals surface area contributed by atoms with Gasteiger partial charge in [-0.25, -0.2) is 9.59 Å². The standard InChI is InChI=1S/C10H18N2O4S/c1-17-10(3-2-4-10)6-11-9(16)12-7(5-13)8(14)15/h7,13H,2-6H2,1H3,(H,14,15)(H2,11,12,16)/t7-/m0/s1.